The second-order valence-electron chi connectivity index (χ2n) is 22.9. The quantitative estimate of drug-likeness (QED) is 0.138. The smallest absolute Gasteiger partial charge is 0.315 e. The number of amides is 2. The van der Waals surface area contributed by atoms with E-state index in [0.29, 0.717) is 50.3 Å². The second-order valence-corrected chi connectivity index (χ2v) is 22.9. The molecule has 5 bridgehead atoms. The van der Waals surface area contributed by atoms with Crippen LogP contribution < -0.4 is 20.8 Å². The van der Waals surface area contributed by atoms with E-state index in [1.807, 2.05) is 38.7 Å². The van der Waals surface area contributed by atoms with Crippen molar-refractivity contribution in [3.05, 3.63) is 58.0 Å². The summed E-state index contributed by atoms with van der Waals surface area (Å²) in [5.41, 5.74) is -0.304. The van der Waals surface area contributed by atoms with Gasteiger partial charge in [0.05, 0.1) is 28.7 Å². The van der Waals surface area contributed by atoms with Crippen LogP contribution in [0.4, 0.5) is 5.69 Å². The fourth-order valence-corrected chi connectivity index (χ4v) is 12.2. The summed E-state index contributed by atoms with van der Waals surface area (Å²) in [5, 5.41) is 39.5. The Bertz CT molecular complexity index is 2680. The summed E-state index contributed by atoms with van der Waals surface area (Å²) in [7, 11) is 2.12. The van der Waals surface area contributed by atoms with Crippen LogP contribution in [0, 0.1) is 41.9 Å². The molecule has 392 valence electrons. The number of piperidine rings is 3. The maximum Gasteiger partial charge on any atom is 0.315 e. The van der Waals surface area contributed by atoms with Crippen LogP contribution in [0.15, 0.2) is 46.1 Å². The molecule has 0 radical (unpaired) electrons. The third-order valence-corrected chi connectivity index (χ3v) is 16.5. The number of carbonyl (C=O) groups is 4. The Labute approximate surface area is 424 Å². The molecule has 3 fully saturated rings. The minimum atomic E-state index is -1.91. The number of ketones is 1. The molecule has 16 nitrogen and oxygen atoms in total. The Kier molecular flexibility index (Phi) is 15.4. The van der Waals surface area contributed by atoms with E-state index in [1.165, 1.54) is 13.2 Å². The van der Waals surface area contributed by atoms with Gasteiger partial charge in [-0.2, -0.15) is 0 Å². The predicted molar refractivity (Wildman–Crippen MR) is 274 cm³/mol. The van der Waals surface area contributed by atoms with Gasteiger partial charge >= 0.3 is 11.8 Å². The van der Waals surface area contributed by atoms with Crippen molar-refractivity contribution in [3.63, 3.8) is 0 Å². The lowest BCUT2D eigenvalue weighted by Gasteiger charge is -2.47. The summed E-state index contributed by atoms with van der Waals surface area (Å²) >= 11 is 0. The van der Waals surface area contributed by atoms with E-state index in [0.717, 1.165) is 58.4 Å². The molecular formula is C56H78N6O10. The number of hydrogen-bond acceptors (Lipinski definition) is 14. The van der Waals surface area contributed by atoms with Gasteiger partial charge in [0.1, 0.15) is 35.1 Å². The van der Waals surface area contributed by atoms with Crippen molar-refractivity contribution in [2.75, 3.05) is 58.2 Å². The number of fused-ring (bicyclic) bond motifs is 13. The average molecular weight is 995 g/mol. The number of nitrogens with zero attached hydrogens (tertiary/aromatic N) is 5. The molecule has 0 saturated carbocycles. The van der Waals surface area contributed by atoms with Gasteiger partial charge in [-0.15, -0.1) is 0 Å². The number of rotatable bonds is 5. The van der Waals surface area contributed by atoms with Gasteiger partial charge in [-0.05, 0) is 108 Å². The van der Waals surface area contributed by atoms with Gasteiger partial charge in [-0.1, -0.05) is 59.8 Å². The number of Topliss-reactive ketones (excluding diaryl/α,β-unsaturated/α-hetero) is 1. The van der Waals surface area contributed by atoms with Gasteiger partial charge in [-0.25, -0.2) is 0 Å². The minimum Gasteiger partial charge on any atom is -0.507 e. The molecule has 2 aromatic rings. The average Bonchev–Trinajstić information content (AvgIpc) is 3.84. The summed E-state index contributed by atoms with van der Waals surface area (Å²) < 4.78 is 18.8. The number of phenolic OH excluding ortho intramolecular Hbond substituents is 2. The van der Waals surface area contributed by atoms with Crippen molar-refractivity contribution in [1.29, 1.82) is 0 Å². The van der Waals surface area contributed by atoms with Crippen molar-refractivity contribution in [2.45, 2.75) is 144 Å². The van der Waals surface area contributed by atoms with E-state index in [2.05, 4.69) is 36.0 Å². The molecule has 4 unspecified atom stereocenters. The highest BCUT2D eigenvalue weighted by atomic mass is 16.7. The Balaban J connectivity index is 1.12. The van der Waals surface area contributed by atoms with Crippen LogP contribution in [0.2, 0.25) is 0 Å². The SMILES string of the molecule is C/C1=C/C=C/C(C)C[C@@H](C)C(O)[C@@H](C)C(OC(=O)CC(=O)N2CCCC3(CCN(C)CC3)C2)[C@H](C)C/C=C/OC2(C)Oc3c(C)c(O)c4c(O)c(c5c(c4c3C2=O)=NC2(CCN(CC(C)C)CC2)N=5)NC1=O. The molecule has 0 aliphatic carbocycles. The van der Waals surface area contributed by atoms with Crippen molar-refractivity contribution >= 4 is 40.0 Å². The number of aromatic hydroxyl groups is 2. The zero-order valence-corrected chi connectivity index (χ0v) is 44.2. The van der Waals surface area contributed by atoms with E-state index >= 15 is 0 Å². The number of phenols is 2. The van der Waals surface area contributed by atoms with Crippen molar-refractivity contribution in [1.82, 2.24) is 14.7 Å². The molecule has 7 aliphatic heterocycles. The number of aliphatic hydroxyl groups is 1. The van der Waals surface area contributed by atoms with Crippen LogP contribution in [-0.4, -0.2) is 130 Å². The number of aliphatic hydroxyl groups excluding tert-OH is 1. The van der Waals surface area contributed by atoms with Crippen LogP contribution in [0.3, 0.4) is 0 Å². The summed E-state index contributed by atoms with van der Waals surface area (Å²) in [6.07, 6.45) is 12.4. The Hall–Kier alpha value is -5.32. The molecule has 9 rings (SSSR count). The first-order valence-corrected chi connectivity index (χ1v) is 26.4. The zero-order chi connectivity index (χ0) is 52.0. The van der Waals surface area contributed by atoms with E-state index in [9.17, 15) is 34.5 Å². The molecule has 3 saturated heterocycles. The zero-order valence-electron chi connectivity index (χ0n) is 44.2. The molecule has 7 heterocycles. The summed E-state index contributed by atoms with van der Waals surface area (Å²) in [4.78, 5) is 73.4. The maximum atomic E-state index is 14.9. The number of carbonyl (C=O) groups excluding carboxylic acids is 4. The number of allylic oxidation sites excluding steroid dienone is 4. The number of esters is 1. The van der Waals surface area contributed by atoms with E-state index in [4.69, 9.17) is 24.2 Å². The maximum absolute atomic E-state index is 14.9. The molecule has 2 aromatic carbocycles. The van der Waals surface area contributed by atoms with E-state index in [-0.39, 0.29) is 78.9 Å². The molecule has 16 heteroatoms. The second kappa shape index (κ2) is 20.9. The number of anilines is 1. The number of likely N-dealkylation sites (tertiary alicyclic amines) is 3. The van der Waals surface area contributed by atoms with Crippen LogP contribution in [0.25, 0.3) is 10.8 Å². The van der Waals surface area contributed by atoms with Crippen LogP contribution >= 0.6 is 0 Å². The van der Waals surface area contributed by atoms with Gasteiger partial charge < -0.3 is 49.5 Å². The van der Waals surface area contributed by atoms with Crippen molar-refractivity contribution < 1.29 is 48.7 Å². The highest BCUT2D eigenvalue weighted by Crippen LogP contribution is 2.50. The minimum absolute atomic E-state index is 0.0141. The molecule has 72 heavy (non-hydrogen) atoms. The van der Waals surface area contributed by atoms with Crippen LogP contribution in [0.1, 0.15) is 129 Å². The molecule has 2 spiro atoms. The van der Waals surface area contributed by atoms with E-state index < -0.39 is 59.4 Å². The Morgan fingerprint density at radius 3 is 2.32 bits per heavy atom. The van der Waals surface area contributed by atoms with Gasteiger partial charge in [0, 0.05) is 74.9 Å². The summed E-state index contributed by atoms with van der Waals surface area (Å²) in [6, 6.07) is 0. The first-order valence-electron chi connectivity index (χ1n) is 26.4. The van der Waals surface area contributed by atoms with Gasteiger partial charge in [0.2, 0.25) is 5.91 Å². The number of benzene rings is 2. The fourth-order valence-electron chi connectivity index (χ4n) is 12.2. The van der Waals surface area contributed by atoms with Crippen LogP contribution in [0.5, 0.6) is 17.2 Å². The summed E-state index contributed by atoms with van der Waals surface area (Å²) in [6.45, 7) is 22.4. The van der Waals surface area contributed by atoms with Gasteiger partial charge in [-0.3, -0.25) is 29.2 Å². The fraction of sp³-hybridized carbons (Fsp3) is 0.643. The molecule has 7 aliphatic rings. The number of hydrogen-bond donors (Lipinski definition) is 4. The largest absolute Gasteiger partial charge is 0.507 e. The van der Waals surface area contributed by atoms with Gasteiger partial charge in [0.15, 0.2) is 11.4 Å². The molecule has 7 atom stereocenters. The predicted octanol–water partition coefficient (Wildman–Crippen LogP) is 6.86. The first-order chi connectivity index (χ1) is 34.0. The summed E-state index contributed by atoms with van der Waals surface area (Å²) in [5.74, 6) is -5.32. The third-order valence-electron chi connectivity index (χ3n) is 16.5. The standard InChI is InChI=1S/C56H78N6O10/c1-32(2)30-61-25-20-56(21-26-61)58-44-41-42-48(66)38(8)51-43(41)52(68)54(9,72-51)70-27-12-16-34(4)50(71-40(64)29-39(63)62-22-13-17-55(31-62)18-23-60(10)24-19-55)37(7)47(65)36(6)28-33(3)14-11-15-35(5)53(69)57-46(49(42)67)45(44)59-56/h11-12,14-15,27,32-34,36-37,47,50,65-67H,13,16-26,28-31H2,1-10H3,(H,57,69)/b14-11+,27-12+,35-15-/t33?,34-,36-,37-,47?,50?,54?/m1/s1. The lowest BCUT2D eigenvalue weighted by Crippen LogP contribution is -2.51. The normalized spacial score (nSPS) is 30.8. The number of ether oxygens (including phenoxy) is 3. The van der Waals surface area contributed by atoms with Crippen LogP contribution in [-0.2, 0) is 23.9 Å². The highest BCUT2D eigenvalue weighted by molar-refractivity contribution is 6.19. The third kappa shape index (κ3) is 10.5. The number of nitrogens with one attached hydrogen (secondary N) is 1. The molecule has 4 N–H and O–H groups in total. The Morgan fingerprint density at radius 1 is 0.931 bits per heavy atom. The topological polar surface area (TPSA) is 203 Å². The van der Waals surface area contributed by atoms with Crippen molar-refractivity contribution in [3.8, 4) is 17.2 Å². The van der Waals surface area contributed by atoms with Gasteiger partial charge in [0.25, 0.3) is 11.7 Å². The van der Waals surface area contributed by atoms with E-state index in [1.54, 1.807) is 32.1 Å². The van der Waals surface area contributed by atoms with Crippen molar-refractivity contribution in [2.24, 2.45) is 45.0 Å². The first kappa shape index (κ1) is 53.0. The monoisotopic (exact) mass is 995 g/mol. The Morgan fingerprint density at radius 2 is 1.62 bits per heavy atom. The molecular weight excluding hydrogens is 917 g/mol. The highest BCUT2D eigenvalue weighted by Gasteiger charge is 2.50. The molecule has 0 aromatic heterocycles. The molecule has 2 amide bonds. The lowest BCUT2D eigenvalue weighted by molar-refractivity contribution is -0.162. The lowest BCUT2D eigenvalue weighted by atomic mass is 9.72.